The number of hydrogen-bond donors (Lipinski definition) is 2. The van der Waals surface area contributed by atoms with Crippen LogP contribution in [0.4, 0.5) is 14.5 Å². The normalized spacial score (nSPS) is 10.6. The summed E-state index contributed by atoms with van der Waals surface area (Å²) in [6, 6.07) is 2.19. The Hall–Kier alpha value is -2.44. The number of aromatic carboxylic acids is 1. The Bertz CT molecular complexity index is 648. The lowest BCUT2D eigenvalue weighted by Crippen LogP contribution is -2.08. The summed E-state index contributed by atoms with van der Waals surface area (Å²) in [5, 5.41) is 15.1. The van der Waals surface area contributed by atoms with Crippen molar-refractivity contribution < 1.29 is 23.2 Å². The summed E-state index contributed by atoms with van der Waals surface area (Å²) in [5.74, 6) is -3.55. The van der Waals surface area contributed by atoms with Crippen LogP contribution in [0.2, 0.25) is 0 Å². The Morgan fingerprint density at radius 2 is 2.05 bits per heavy atom. The molecule has 2 aromatic rings. The summed E-state index contributed by atoms with van der Waals surface area (Å²) in [6.45, 7) is 3.64. The van der Waals surface area contributed by atoms with Gasteiger partial charge in [-0.2, -0.15) is 0 Å². The maximum atomic E-state index is 13.7. The van der Waals surface area contributed by atoms with Gasteiger partial charge in [-0.15, -0.1) is 0 Å². The van der Waals surface area contributed by atoms with Crippen LogP contribution >= 0.6 is 0 Å². The van der Waals surface area contributed by atoms with Crippen LogP contribution in [0.1, 0.15) is 27.4 Å². The SMILES string of the molecule is Cc1noc(C)c1CNc1ccc(C(=O)O)c(F)c1F. The molecule has 1 aromatic heterocycles. The molecule has 0 radical (unpaired) electrons. The van der Waals surface area contributed by atoms with Crippen molar-refractivity contribution in [2.45, 2.75) is 20.4 Å². The molecule has 0 aliphatic heterocycles. The first-order valence-electron chi connectivity index (χ1n) is 5.78. The van der Waals surface area contributed by atoms with Crippen molar-refractivity contribution in [3.05, 3.63) is 46.3 Å². The second kappa shape index (κ2) is 5.28. The first-order valence-corrected chi connectivity index (χ1v) is 5.78. The quantitative estimate of drug-likeness (QED) is 0.901. The number of carboxylic acid groups (broad SMARTS) is 1. The number of hydrogen-bond acceptors (Lipinski definition) is 4. The van der Waals surface area contributed by atoms with Gasteiger partial charge in [0, 0.05) is 12.1 Å². The molecule has 0 amide bonds. The summed E-state index contributed by atoms with van der Waals surface area (Å²) in [5.41, 5.74) is 0.572. The average Bonchev–Trinajstić information content (AvgIpc) is 2.71. The predicted octanol–water partition coefficient (Wildman–Crippen LogP) is 2.88. The molecule has 2 N–H and O–H groups in total. The third-order valence-corrected chi connectivity index (χ3v) is 2.95. The van der Waals surface area contributed by atoms with Crippen LogP contribution in [-0.4, -0.2) is 16.2 Å². The Morgan fingerprint density at radius 3 is 2.60 bits per heavy atom. The fourth-order valence-electron chi connectivity index (χ4n) is 1.79. The molecule has 2 rings (SSSR count). The van der Waals surface area contributed by atoms with E-state index in [9.17, 15) is 13.6 Å². The highest BCUT2D eigenvalue weighted by Gasteiger charge is 2.18. The van der Waals surface area contributed by atoms with E-state index >= 15 is 0 Å². The zero-order valence-corrected chi connectivity index (χ0v) is 10.8. The monoisotopic (exact) mass is 282 g/mol. The molecule has 5 nitrogen and oxygen atoms in total. The second-order valence-corrected chi connectivity index (χ2v) is 4.25. The lowest BCUT2D eigenvalue weighted by Gasteiger charge is -2.09. The van der Waals surface area contributed by atoms with E-state index in [1.807, 2.05) is 0 Å². The van der Waals surface area contributed by atoms with Gasteiger partial charge in [-0.3, -0.25) is 0 Å². The topological polar surface area (TPSA) is 75.4 Å². The van der Waals surface area contributed by atoms with Gasteiger partial charge < -0.3 is 14.9 Å². The van der Waals surface area contributed by atoms with E-state index in [2.05, 4.69) is 10.5 Å². The van der Waals surface area contributed by atoms with Crippen LogP contribution in [-0.2, 0) is 6.54 Å². The maximum Gasteiger partial charge on any atom is 0.338 e. The molecular formula is C13H12F2N2O3. The molecule has 1 aromatic carbocycles. The largest absolute Gasteiger partial charge is 0.478 e. The molecule has 0 atom stereocenters. The molecule has 0 aliphatic carbocycles. The number of aryl methyl sites for hydroxylation is 2. The van der Waals surface area contributed by atoms with E-state index in [1.165, 1.54) is 6.07 Å². The Balaban J connectivity index is 2.23. The third-order valence-electron chi connectivity index (χ3n) is 2.95. The minimum Gasteiger partial charge on any atom is -0.478 e. The lowest BCUT2D eigenvalue weighted by atomic mass is 10.1. The maximum absolute atomic E-state index is 13.7. The fourth-order valence-corrected chi connectivity index (χ4v) is 1.79. The van der Waals surface area contributed by atoms with E-state index in [1.54, 1.807) is 13.8 Å². The number of halogens is 2. The molecule has 0 unspecified atom stereocenters. The van der Waals surface area contributed by atoms with Gasteiger partial charge in [0.2, 0.25) is 0 Å². The van der Waals surface area contributed by atoms with Crippen molar-refractivity contribution in [3.8, 4) is 0 Å². The number of carbonyl (C=O) groups is 1. The van der Waals surface area contributed by atoms with E-state index in [4.69, 9.17) is 9.63 Å². The molecule has 0 fully saturated rings. The van der Waals surface area contributed by atoms with Gasteiger partial charge in [-0.05, 0) is 26.0 Å². The van der Waals surface area contributed by atoms with Crippen molar-refractivity contribution in [1.82, 2.24) is 5.16 Å². The number of benzene rings is 1. The van der Waals surface area contributed by atoms with E-state index in [0.29, 0.717) is 11.5 Å². The van der Waals surface area contributed by atoms with Gasteiger partial charge in [-0.1, -0.05) is 5.16 Å². The minimum absolute atomic E-state index is 0.118. The van der Waals surface area contributed by atoms with Crippen LogP contribution in [0, 0.1) is 25.5 Å². The highest BCUT2D eigenvalue weighted by molar-refractivity contribution is 5.88. The number of nitrogens with zero attached hydrogens (tertiary/aromatic N) is 1. The van der Waals surface area contributed by atoms with Crippen LogP contribution in [0.3, 0.4) is 0 Å². The summed E-state index contributed by atoms with van der Waals surface area (Å²) < 4.78 is 32.2. The molecule has 20 heavy (non-hydrogen) atoms. The molecular weight excluding hydrogens is 270 g/mol. The van der Waals surface area contributed by atoms with Crippen molar-refractivity contribution >= 4 is 11.7 Å². The molecule has 0 aliphatic rings. The van der Waals surface area contributed by atoms with Gasteiger partial charge in [0.1, 0.15) is 5.76 Å². The Labute approximate surface area is 113 Å². The first-order chi connectivity index (χ1) is 9.41. The first kappa shape index (κ1) is 14.0. The predicted molar refractivity (Wildman–Crippen MR) is 66.6 cm³/mol. The molecule has 0 saturated carbocycles. The number of anilines is 1. The van der Waals surface area contributed by atoms with E-state index in [-0.39, 0.29) is 12.2 Å². The van der Waals surface area contributed by atoms with Crippen LogP contribution in [0.15, 0.2) is 16.7 Å². The van der Waals surface area contributed by atoms with Gasteiger partial charge in [0.15, 0.2) is 11.6 Å². The van der Waals surface area contributed by atoms with Gasteiger partial charge in [0.05, 0.1) is 16.9 Å². The molecule has 0 bridgehead atoms. The van der Waals surface area contributed by atoms with Crippen molar-refractivity contribution in [1.29, 1.82) is 0 Å². The standard InChI is InChI=1S/C13H12F2N2O3/c1-6-9(7(2)20-17-6)5-16-10-4-3-8(13(18)19)11(14)12(10)15/h3-4,16H,5H2,1-2H3,(H,18,19). The van der Waals surface area contributed by atoms with Gasteiger partial charge in [0.25, 0.3) is 0 Å². The summed E-state index contributed by atoms with van der Waals surface area (Å²) >= 11 is 0. The van der Waals surface area contributed by atoms with E-state index in [0.717, 1.165) is 11.6 Å². The van der Waals surface area contributed by atoms with Gasteiger partial charge in [-0.25, -0.2) is 13.6 Å². The number of aromatic nitrogens is 1. The van der Waals surface area contributed by atoms with Crippen molar-refractivity contribution in [2.75, 3.05) is 5.32 Å². The van der Waals surface area contributed by atoms with Crippen molar-refractivity contribution in [3.63, 3.8) is 0 Å². The summed E-state index contributed by atoms with van der Waals surface area (Å²) in [6.07, 6.45) is 0. The number of nitrogens with one attached hydrogen (secondary N) is 1. The average molecular weight is 282 g/mol. The smallest absolute Gasteiger partial charge is 0.338 e. The lowest BCUT2D eigenvalue weighted by molar-refractivity contribution is 0.0690. The van der Waals surface area contributed by atoms with Crippen molar-refractivity contribution in [2.24, 2.45) is 0 Å². The molecule has 1 heterocycles. The third kappa shape index (κ3) is 2.47. The second-order valence-electron chi connectivity index (χ2n) is 4.25. The Kier molecular flexibility index (Phi) is 3.69. The Morgan fingerprint density at radius 1 is 1.35 bits per heavy atom. The van der Waals surface area contributed by atoms with Crippen LogP contribution in [0.25, 0.3) is 0 Å². The van der Waals surface area contributed by atoms with Crippen LogP contribution < -0.4 is 5.32 Å². The molecule has 0 spiro atoms. The molecule has 7 heteroatoms. The zero-order chi connectivity index (χ0) is 14.9. The highest BCUT2D eigenvalue weighted by atomic mass is 19.2. The summed E-state index contributed by atoms with van der Waals surface area (Å²) in [7, 11) is 0. The van der Waals surface area contributed by atoms with Crippen LogP contribution in [0.5, 0.6) is 0 Å². The van der Waals surface area contributed by atoms with E-state index < -0.39 is 23.2 Å². The molecule has 0 saturated heterocycles. The zero-order valence-electron chi connectivity index (χ0n) is 10.8. The molecule has 106 valence electrons. The fraction of sp³-hybridized carbons (Fsp3) is 0.231. The highest BCUT2D eigenvalue weighted by Crippen LogP contribution is 2.22. The minimum atomic E-state index is -1.52. The summed E-state index contributed by atoms with van der Waals surface area (Å²) in [4.78, 5) is 10.7. The number of carboxylic acids is 1. The van der Waals surface area contributed by atoms with Gasteiger partial charge >= 0.3 is 5.97 Å². The number of rotatable bonds is 4.